The van der Waals surface area contributed by atoms with Gasteiger partial charge in [-0.3, -0.25) is 9.69 Å². The van der Waals surface area contributed by atoms with Crippen molar-refractivity contribution in [2.75, 3.05) is 33.2 Å². The van der Waals surface area contributed by atoms with Crippen molar-refractivity contribution >= 4 is 11.9 Å². The van der Waals surface area contributed by atoms with Crippen molar-refractivity contribution < 1.29 is 9.59 Å². The van der Waals surface area contributed by atoms with E-state index in [1.807, 2.05) is 18.2 Å². The number of hydrogen-bond acceptors (Lipinski definition) is 3. The minimum atomic E-state index is -0.166. The largest absolute Gasteiger partial charge is 0.344 e. The summed E-state index contributed by atoms with van der Waals surface area (Å²) in [5, 5.41) is 6.00. The summed E-state index contributed by atoms with van der Waals surface area (Å²) in [5.41, 5.74) is 1.20. The minimum absolute atomic E-state index is 0.0197. The highest BCUT2D eigenvalue weighted by atomic mass is 16.2. The Labute approximate surface area is 150 Å². The third-order valence-electron chi connectivity index (χ3n) is 4.86. The fraction of sp³-hybridized carbons (Fsp3) is 0.579. The normalized spacial score (nSPS) is 19.0. The van der Waals surface area contributed by atoms with Gasteiger partial charge in [0, 0.05) is 32.6 Å². The first kappa shape index (κ1) is 19.2. The molecular weight excluding hydrogens is 316 g/mol. The predicted octanol–water partition coefficient (Wildman–Crippen LogP) is 1.99. The van der Waals surface area contributed by atoms with E-state index in [1.54, 1.807) is 11.9 Å². The lowest BCUT2D eigenvalue weighted by molar-refractivity contribution is -0.132. The first-order valence-corrected chi connectivity index (χ1v) is 9.12. The molecule has 1 saturated heterocycles. The molecule has 3 amide bonds. The van der Waals surface area contributed by atoms with Gasteiger partial charge >= 0.3 is 6.03 Å². The molecule has 0 aliphatic carbocycles. The molecule has 6 heteroatoms. The highest BCUT2D eigenvalue weighted by Crippen LogP contribution is 2.19. The van der Waals surface area contributed by atoms with Crippen LogP contribution < -0.4 is 10.6 Å². The fourth-order valence-electron chi connectivity index (χ4n) is 3.35. The zero-order valence-corrected chi connectivity index (χ0v) is 15.5. The number of rotatable bonds is 7. The van der Waals surface area contributed by atoms with Crippen LogP contribution in [0.5, 0.6) is 0 Å². The predicted molar refractivity (Wildman–Crippen MR) is 99.3 cm³/mol. The summed E-state index contributed by atoms with van der Waals surface area (Å²) in [6.07, 6.45) is 1.20. The van der Waals surface area contributed by atoms with Gasteiger partial charge in [-0.15, -0.1) is 0 Å². The van der Waals surface area contributed by atoms with Gasteiger partial charge in [0.25, 0.3) is 0 Å². The van der Waals surface area contributed by atoms with Gasteiger partial charge in [0.05, 0.1) is 6.04 Å². The number of urea groups is 1. The fourth-order valence-corrected chi connectivity index (χ4v) is 3.35. The number of likely N-dealkylation sites (N-methyl/N-ethyl adjacent to an activating group) is 2. The van der Waals surface area contributed by atoms with Crippen LogP contribution in [0.2, 0.25) is 0 Å². The number of nitrogens with one attached hydrogen (secondary N) is 2. The Hall–Kier alpha value is -2.08. The summed E-state index contributed by atoms with van der Waals surface area (Å²) in [4.78, 5) is 27.8. The minimum Gasteiger partial charge on any atom is -0.344 e. The van der Waals surface area contributed by atoms with E-state index in [0.717, 1.165) is 13.1 Å². The third-order valence-corrected chi connectivity index (χ3v) is 4.86. The van der Waals surface area contributed by atoms with Crippen molar-refractivity contribution in [1.29, 1.82) is 0 Å². The van der Waals surface area contributed by atoms with Gasteiger partial charge in [-0.05, 0) is 25.1 Å². The summed E-state index contributed by atoms with van der Waals surface area (Å²) >= 11 is 0. The molecule has 0 radical (unpaired) electrons. The van der Waals surface area contributed by atoms with Crippen molar-refractivity contribution in [3.05, 3.63) is 35.9 Å². The van der Waals surface area contributed by atoms with Crippen molar-refractivity contribution in [2.24, 2.45) is 0 Å². The van der Waals surface area contributed by atoms with E-state index in [9.17, 15) is 9.59 Å². The number of carbonyl (C=O) groups is 2. The van der Waals surface area contributed by atoms with Crippen LogP contribution in [-0.2, 0) is 4.79 Å². The number of piperidine rings is 1. The average molecular weight is 346 g/mol. The average Bonchev–Trinajstić information content (AvgIpc) is 2.62. The van der Waals surface area contributed by atoms with Gasteiger partial charge in [0.2, 0.25) is 5.91 Å². The summed E-state index contributed by atoms with van der Waals surface area (Å²) in [7, 11) is 1.78. The number of amides is 3. The molecular formula is C19H30N4O2. The highest BCUT2D eigenvalue weighted by molar-refractivity contribution is 5.78. The molecule has 138 valence electrons. The van der Waals surface area contributed by atoms with Crippen LogP contribution in [0, 0.1) is 0 Å². The zero-order valence-electron chi connectivity index (χ0n) is 15.5. The molecule has 0 saturated carbocycles. The zero-order chi connectivity index (χ0) is 18.2. The smallest absolute Gasteiger partial charge is 0.315 e. The standard InChI is InChI=1S/C19H30N4O2/c1-4-23(5-2)17(15-9-7-6-8-10-15)13-20-19(25)21-16-11-12-18(24)22(3)14-16/h6-10,16-17H,4-5,11-14H2,1-3H3,(H2,20,21,25)/t16-,17-/m0/s1. The summed E-state index contributed by atoms with van der Waals surface area (Å²) in [5.74, 6) is 0.143. The van der Waals surface area contributed by atoms with Crippen LogP contribution in [0.3, 0.4) is 0 Å². The molecule has 2 atom stereocenters. The molecule has 25 heavy (non-hydrogen) atoms. The lowest BCUT2D eigenvalue weighted by atomic mass is 10.0. The summed E-state index contributed by atoms with van der Waals surface area (Å²) < 4.78 is 0. The van der Waals surface area contributed by atoms with E-state index in [0.29, 0.717) is 25.9 Å². The number of likely N-dealkylation sites (tertiary alicyclic amines) is 1. The van der Waals surface area contributed by atoms with Crippen LogP contribution in [0.1, 0.15) is 38.3 Å². The van der Waals surface area contributed by atoms with Crippen molar-refractivity contribution in [3.8, 4) is 0 Å². The maximum Gasteiger partial charge on any atom is 0.315 e. The van der Waals surface area contributed by atoms with Gasteiger partial charge < -0.3 is 15.5 Å². The van der Waals surface area contributed by atoms with E-state index >= 15 is 0 Å². The molecule has 1 fully saturated rings. The van der Waals surface area contributed by atoms with Gasteiger partial charge in [-0.2, -0.15) is 0 Å². The Balaban J connectivity index is 1.91. The first-order chi connectivity index (χ1) is 12.0. The van der Waals surface area contributed by atoms with Crippen molar-refractivity contribution in [1.82, 2.24) is 20.4 Å². The maximum absolute atomic E-state index is 12.3. The van der Waals surface area contributed by atoms with Crippen LogP contribution in [0.4, 0.5) is 4.79 Å². The number of benzene rings is 1. The highest BCUT2D eigenvalue weighted by Gasteiger charge is 2.24. The number of carbonyl (C=O) groups excluding carboxylic acids is 2. The first-order valence-electron chi connectivity index (χ1n) is 9.12. The third kappa shape index (κ3) is 5.46. The molecule has 0 bridgehead atoms. The van der Waals surface area contributed by atoms with Crippen molar-refractivity contribution in [3.63, 3.8) is 0 Å². The molecule has 0 aromatic heterocycles. The van der Waals surface area contributed by atoms with E-state index in [4.69, 9.17) is 0 Å². The van der Waals surface area contributed by atoms with E-state index in [1.165, 1.54) is 5.56 Å². The van der Waals surface area contributed by atoms with Crippen LogP contribution >= 0.6 is 0 Å². The number of hydrogen-bond donors (Lipinski definition) is 2. The van der Waals surface area contributed by atoms with Crippen LogP contribution in [-0.4, -0.2) is 61.0 Å². The lowest BCUT2D eigenvalue weighted by Gasteiger charge is -2.32. The SMILES string of the molecule is CCN(CC)[C@@H](CNC(=O)N[C@H]1CCC(=O)N(C)C1)c1ccccc1. The monoisotopic (exact) mass is 346 g/mol. The van der Waals surface area contributed by atoms with Gasteiger partial charge in [-0.25, -0.2) is 4.79 Å². The van der Waals surface area contributed by atoms with Crippen LogP contribution in [0.15, 0.2) is 30.3 Å². The number of nitrogens with zero attached hydrogens (tertiary/aromatic N) is 2. The van der Waals surface area contributed by atoms with E-state index in [-0.39, 0.29) is 24.0 Å². The molecule has 0 spiro atoms. The molecule has 1 heterocycles. The van der Waals surface area contributed by atoms with Gasteiger partial charge in [0.15, 0.2) is 0 Å². The molecule has 1 aliphatic heterocycles. The van der Waals surface area contributed by atoms with Gasteiger partial charge in [-0.1, -0.05) is 44.2 Å². The second-order valence-electron chi connectivity index (χ2n) is 6.51. The Morgan fingerprint density at radius 2 is 1.96 bits per heavy atom. The molecule has 6 nitrogen and oxygen atoms in total. The quantitative estimate of drug-likeness (QED) is 0.794. The van der Waals surface area contributed by atoms with E-state index in [2.05, 4.69) is 41.5 Å². The lowest BCUT2D eigenvalue weighted by Crippen LogP contribution is -2.52. The Kier molecular flexibility index (Phi) is 7.25. The van der Waals surface area contributed by atoms with Crippen molar-refractivity contribution in [2.45, 2.75) is 38.8 Å². The molecule has 2 N–H and O–H groups in total. The Morgan fingerprint density at radius 1 is 1.28 bits per heavy atom. The molecule has 2 rings (SSSR count). The maximum atomic E-state index is 12.3. The second kappa shape index (κ2) is 9.42. The molecule has 1 aliphatic rings. The topological polar surface area (TPSA) is 64.7 Å². The molecule has 1 aromatic carbocycles. The Morgan fingerprint density at radius 3 is 2.56 bits per heavy atom. The molecule has 1 aromatic rings. The van der Waals surface area contributed by atoms with Crippen LogP contribution in [0.25, 0.3) is 0 Å². The second-order valence-corrected chi connectivity index (χ2v) is 6.51. The van der Waals surface area contributed by atoms with E-state index < -0.39 is 0 Å². The summed E-state index contributed by atoms with van der Waals surface area (Å²) in [6, 6.07) is 10.3. The van der Waals surface area contributed by atoms with Gasteiger partial charge in [0.1, 0.15) is 0 Å². The summed E-state index contributed by atoms with van der Waals surface area (Å²) in [6.45, 7) is 7.25. The molecule has 0 unspecified atom stereocenters. The Bertz CT molecular complexity index is 560.